The van der Waals surface area contributed by atoms with E-state index in [2.05, 4.69) is 11.8 Å². The van der Waals surface area contributed by atoms with Crippen molar-refractivity contribution in [3.63, 3.8) is 0 Å². The van der Waals surface area contributed by atoms with Gasteiger partial charge in [-0.1, -0.05) is 13.3 Å². The Labute approximate surface area is 101 Å². The fourth-order valence-corrected chi connectivity index (χ4v) is 2.07. The number of aromatic nitrogens is 1. The van der Waals surface area contributed by atoms with Gasteiger partial charge >= 0.3 is 0 Å². The van der Waals surface area contributed by atoms with E-state index in [0.717, 1.165) is 55.3 Å². The Bertz CT molecular complexity index is 436. The second-order valence-corrected chi connectivity index (χ2v) is 4.25. The summed E-state index contributed by atoms with van der Waals surface area (Å²) in [4.78, 5) is 2.20. The average Bonchev–Trinajstić information content (AvgIpc) is 2.36. The highest BCUT2D eigenvalue weighted by Crippen LogP contribution is 2.15. The van der Waals surface area contributed by atoms with E-state index in [9.17, 15) is 5.21 Å². The van der Waals surface area contributed by atoms with Gasteiger partial charge < -0.3 is 14.8 Å². The molecule has 2 N–H and O–H groups in total. The molecule has 94 valence electrons. The van der Waals surface area contributed by atoms with Crippen LogP contribution in [0.4, 0.5) is 5.69 Å². The molecular weight excluding hydrogens is 218 g/mol. The maximum absolute atomic E-state index is 9.74. The molecule has 0 bridgehead atoms. The topological polar surface area (TPSA) is 61.5 Å². The Morgan fingerprint density at radius 1 is 1.35 bits per heavy atom. The second kappa shape index (κ2) is 5.23. The molecule has 0 aromatic carbocycles. The lowest BCUT2D eigenvalue weighted by atomic mass is 10.2. The monoisotopic (exact) mass is 237 g/mol. The molecule has 5 heteroatoms. The number of anilines is 1. The van der Waals surface area contributed by atoms with E-state index < -0.39 is 0 Å². The van der Waals surface area contributed by atoms with Crippen LogP contribution < -0.4 is 10.4 Å². The lowest BCUT2D eigenvalue weighted by Crippen LogP contribution is -2.37. The van der Waals surface area contributed by atoms with E-state index in [4.69, 9.17) is 10.1 Å². The van der Waals surface area contributed by atoms with Gasteiger partial charge in [0.25, 0.3) is 0 Å². The van der Waals surface area contributed by atoms with Crippen molar-refractivity contribution in [2.24, 2.45) is 0 Å². The first-order valence-electron chi connectivity index (χ1n) is 6.05. The van der Waals surface area contributed by atoms with Gasteiger partial charge in [0.1, 0.15) is 0 Å². The first-order valence-corrected chi connectivity index (χ1v) is 6.05. The predicted octanol–water partition coefficient (Wildman–Crippen LogP) is 0.994. The summed E-state index contributed by atoms with van der Waals surface area (Å²) < 4.78 is 6.28. The van der Waals surface area contributed by atoms with E-state index in [1.54, 1.807) is 6.07 Å². The van der Waals surface area contributed by atoms with Crippen molar-refractivity contribution in [3.8, 4) is 0 Å². The van der Waals surface area contributed by atoms with E-state index >= 15 is 0 Å². The molecule has 0 atom stereocenters. The smallest absolute Gasteiger partial charge is 0.162 e. The van der Waals surface area contributed by atoms with Crippen molar-refractivity contribution in [2.75, 3.05) is 31.2 Å². The first-order chi connectivity index (χ1) is 8.22. The Balaban J connectivity index is 2.30. The summed E-state index contributed by atoms with van der Waals surface area (Å²) in [6.07, 6.45) is 1.73. The molecule has 17 heavy (non-hydrogen) atoms. The molecule has 5 nitrogen and oxygen atoms in total. The second-order valence-electron chi connectivity index (χ2n) is 4.25. The minimum Gasteiger partial charge on any atom is -0.427 e. The van der Waals surface area contributed by atoms with Crippen molar-refractivity contribution in [1.82, 2.24) is 4.73 Å². The van der Waals surface area contributed by atoms with Gasteiger partial charge in [0, 0.05) is 24.8 Å². The molecule has 2 heterocycles. The van der Waals surface area contributed by atoms with E-state index in [1.807, 2.05) is 6.07 Å². The molecule has 2 rings (SSSR count). The van der Waals surface area contributed by atoms with Crippen LogP contribution in [0.3, 0.4) is 0 Å². The Hall–Kier alpha value is -1.49. The number of aryl methyl sites for hydroxylation is 1. The average molecular weight is 237 g/mol. The molecule has 1 saturated heterocycles. The van der Waals surface area contributed by atoms with Crippen LogP contribution in [0.15, 0.2) is 12.1 Å². The summed E-state index contributed by atoms with van der Waals surface area (Å²) in [5, 5.41) is 17.5. The number of hydrogen-bond acceptors (Lipinski definition) is 4. The SMILES string of the molecule is CCCc1cc(N2CCOCC2)cc(=N)n1O. The molecular formula is C12H19N3O2. The summed E-state index contributed by atoms with van der Waals surface area (Å²) in [5.74, 6) is 0. The summed E-state index contributed by atoms with van der Waals surface area (Å²) in [5.41, 5.74) is 1.94. The van der Waals surface area contributed by atoms with Gasteiger partial charge in [-0.2, -0.15) is 4.73 Å². The van der Waals surface area contributed by atoms with Crippen molar-refractivity contribution in [1.29, 1.82) is 5.41 Å². The highest BCUT2D eigenvalue weighted by Gasteiger charge is 2.13. The normalized spacial score (nSPS) is 16.2. The van der Waals surface area contributed by atoms with Crippen molar-refractivity contribution in [3.05, 3.63) is 23.3 Å². The van der Waals surface area contributed by atoms with Gasteiger partial charge in [0.15, 0.2) is 5.49 Å². The van der Waals surface area contributed by atoms with Crippen molar-refractivity contribution < 1.29 is 9.94 Å². The van der Waals surface area contributed by atoms with Crippen molar-refractivity contribution >= 4 is 5.69 Å². The number of nitrogens with one attached hydrogen (secondary N) is 1. The minimum absolute atomic E-state index is 0.137. The third-order valence-electron chi connectivity index (χ3n) is 2.98. The zero-order valence-corrected chi connectivity index (χ0v) is 10.1. The highest BCUT2D eigenvalue weighted by molar-refractivity contribution is 5.46. The number of ether oxygens (including phenoxy) is 1. The van der Waals surface area contributed by atoms with Gasteiger partial charge in [0.2, 0.25) is 0 Å². The van der Waals surface area contributed by atoms with Crippen LogP contribution in [0.5, 0.6) is 0 Å². The van der Waals surface area contributed by atoms with Crippen LogP contribution >= 0.6 is 0 Å². The van der Waals surface area contributed by atoms with Gasteiger partial charge in [0.05, 0.1) is 18.9 Å². The number of hydrogen-bond donors (Lipinski definition) is 2. The quantitative estimate of drug-likeness (QED) is 0.771. The van der Waals surface area contributed by atoms with Crippen molar-refractivity contribution in [2.45, 2.75) is 19.8 Å². The maximum atomic E-state index is 9.74. The molecule has 0 unspecified atom stereocenters. The lowest BCUT2D eigenvalue weighted by molar-refractivity contribution is 0.122. The molecule has 1 aliphatic rings. The van der Waals surface area contributed by atoms with Crippen LogP contribution in [-0.4, -0.2) is 36.2 Å². The summed E-state index contributed by atoms with van der Waals surface area (Å²) in [7, 11) is 0. The number of nitrogens with zero attached hydrogens (tertiary/aromatic N) is 2. The van der Waals surface area contributed by atoms with Crippen LogP contribution in [0, 0.1) is 5.41 Å². The minimum atomic E-state index is 0.137. The Kier molecular flexibility index (Phi) is 3.68. The van der Waals surface area contributed by atoms with Gasteiger partial charge in [-0.3, -0.25) is 5.41 Å². The van der Waals surface area contributed by atoms with Gasteiger partial charge in [-0.15, -0.1) is 0 Å². The third kappa shape index (κ3) is 2.61. The summed E-state index contributed by atoms with van der Waals surface area (Å²) in [6, 6.07) is 3.66. The zero-order chi connectivity index (χ0) is 12.3. The van der Waals surface area contributed by atoms with Gasteiger partial charge in [-0.05, 0) is 12.5 Å². The molecule has 0 saturated carbocycles. The molecule has 1 aromatic rings. The fourth-order valence-electron chi connectivity index (χ4n) is 2.07. The van der Waals surface area contributed by atoms with Gasteiger partial charge in [-0.25, -0.2) is 0 Å². The van der Waals surface area contributed by atoms with Crippen LogP contribution in [0.1, 0.15) is 19.0 Å². The number of morpholine rings is 1. The summed E-state index contributed by atoms with van der Waals surface area (Å²) in [6.45, 7) is 5.21. The lowest BCUT2D eigenvalue weighted by Gasteiger charge is -2.29. The molecule has 0 amide bonds. The van der Waals surface area contributed by atoms with E-state index in [-0.39, 0.29) is 5.49 Å². The molecule has 1 aromatic heterocycles. The molecule has 0 spiro atoms. The zero-order valence-electron chi connectivity index (χ0n) is 10.1. The number of pyridine rings is 1. The van der Waals surface area contributed by atoms with E-state index in [0.29, 0.717) is 0 Å². The Morgan fingerprint density at radius 3 is 2.71 bits per heavy atom. The van der Waals surface area contributed by atoms with Crippen LogP contribution in [-0.2, 0) is 11.2 Å². The summed E-state index contributed by atoms with van der Waals surface area (Å²) >= 11 is 0. The number of rotatable bonds is 3. The van der Waals surface area contributed by atoms with E-state index in [1.165, 1.54) is 0 Å². The fraction of sp³-hybridized carbons (Fsp3) is 0.583. The van der Waals surface area contributed by atoms with Crippen LogP contribution in [0.2, 0.25) is 0 Å². The molecule has 0 radical (unpaired) electrons. The maximum Gasteiger partial charge on any atom is 0.162 e. The Morgan fingerprint density at radius 2 is 2.06 bits per heavy atom. The first kappa shape index (κ1) is 12.0. The largest absolute Gasteiger partial charge is 0.427 e. The third-order valence-corrected chi connectivity index (χ3v) is 2.98. The highest BCUT2D eigenvalue weighted by atomic mass is 16.5. The molecule has 1 fully saturated rings. The standard InChI is InChI=1S/C12H19N3O2/c1-2-3-10-8-11(9-12(13)15(10)16)14-4-6-17-7-5-14/h8-9,13,16H,2-7H2,1H3. The van der Waals surface area contributed by atoms with Crippen LogP contribution in [0.25, 0.3) is 0 Å². The molecule has 0 aliphatic carbocycles. The molecule has 1 aliphatic heterocycles. The predicted molar refractivity (Wildman–Crippen MR) is 64.5 cm³/mol.